The minimum atomic E-state index is -0.468. The van der Waals surface area contributed by atoms with Gasteiger partial charge in [-0.2, -0.15) is 4.98 Å². The lowest BCUT2D eigenvalue weighted by Gasteiger charge is -2.17. The molecule has 0 bridgehead atoms. The lowest BCUT2D eigenvalue weighted by atomic mass is 10.1. The number of rotatable bonds is 6. The zero-order valence-corrected chi connectivity index (χ0v) is 17.1. The fourth-order valence-corrected chi connectivity index (χ4v) is 3.45. The van der Waals surface area contributed by atoms with E-state index in [1.54, 1.807) is 12.1 Å². The maximum atomic E-state index is 11.8. The minimum Gasteiger partial charge on any atom is -0.366 e. The highest BCUT2D eigenvalue weighted by atomic mass is 16.1. The Morgan fingerprint density at radius 3 is 2.57 bits per heavy atom. The number of nitrogens with one attached hydrogen (secondary N) is 1. The standard InChI is InChI=1S/C22H23N7O/c1-14-12-17-16(19(23)30)10-7-11-18(17)29(14)22-25-20(21(26-27-22)28(2)3)24-13-15-8-5-4-6-9-15/h4-12H,13H2,1-3H3,(H2,23,30)(H,24,25,27). The van der Waals surface area contributed by atoms with Crippen molar-refractivity contribution in [2.24, 2.45) is 5.73 Å². The van der Waals surface area contributed by atoms with Crippen LogP contribution >= 0.6 is 0 Å². The van der Waals surface area contributed by atoms with Gasteiger partial charge in [0.15, 0.2) is 11.6 Å². The van der Waals surface area contributed by atoms with Crippen LogP contribution in [0.4, 0.5) is 11.6 Å². The second kappa shape index (κ2) is 7.82. The number of primary amides is 1. The van der Waals surface area contributed by atoms with Gasteiger partial charge < -0.3 is 16.0 Å². The van der Waals surface area contributed by atoms with Gasteiger partial charge >= 0.3 is 0 Å². The molecule has 1 amide bonds. The van der Waals surface area contributed by atoms with Crippen LogP contribution in [0.25, 0.3) is 16.9 Å². The van der Waals surface area contributed by atoms with Gasteiger partial charge in [0, 0.05) is 37.3 Å². The Labute approximate surface area is 174 Å². The van der Waals surface area contributed by atoms with E-state index in [1.165, 1.54) is 0 Å². The largest absolute Gasteiger partial charge is 0.366 e. The molecule has 0 saturated heterocycles. The number of aromatic nitrogens is 4. The quantitative estimate of drug-likeness (QED) is 0.515. The summed E-state index contributed by atoms with van der Waals surface area (Å²) in [6.45, 7) is 2.54. The average molecular weight is 401 g/mol. The molecule has 8 nitrogen and oxygen atoms in total. The van der Waals surface area contributed by atoms with Crippen LogP contribution in [0.5, 0.6) is 0 Å². The summed E-state index contributed by atoms with van der Waals surface area (Å²) >= 11 is 0. The Kier molecular flexibility index (Phi) is 5.05. The second-order valence-electron chi connectivity index (χ2n) is 7.24. The maximum Gasteiger partial charge on any atom is 0.256 e. The van der Waals surface area contributed by atoms with Crippen LogP contribution in [0.2, 0.25) is 0 Å². The topological polar surface area (TPSA) is 102 Å². The number of benzene rings is 2. The summed E-state index contributed by atoms with van der Waals surface area (Å²) in [5.41, 5.74) is 8.83. The molecule has 0 saturated carbocycles. The molecule has 0 atom stereocenters. The number of amides is 1. The Bertz CT molecular complexity index is 1220. The first-order valence-electron chi connectivity index (χ1n) is 9.57. The molecule has 0 fully saturated rings. The Morgan fingerprint density at radius 2 is 1.87 bits per heavy atom. The molecule has 0 spiro atoms. The molecule has 4 aromatic rings. The Hall–Kier alpha value is -3.94. The highest BCUT2D eigenvalue weighted by molar-refractivity contribution is 6.06. The third-order valence-corrected chi connectivity index (χ3v) is 4.88. The van der Waals surface area contributed by atoms with Gasteiger partial charge in [-0.05, 0) is 30.7 Å². The van der Waals surface area contributed by atoms with Crippen LogP contribution in [0.15, 0.2) is 54.6 Å². The van der Waals surface area contributed by atoms with Gasteiger partial charge in [-0.15, -0.1) is 10.2 Å². The van der Waals surface area contributed by atoms with Crippen molar-refractivity contribution in [1.82, 2.24) is 19.7 Å². The van der Waals surface area contributed by atoms with Gasteiger partial charge in [-0.25, -0.2) is 0 Å². The summed E-state index contributed by atoms with van der Waals surface area (Å²) in [6, 6.07) is 17.4. The van der Waals surface area contributed by atoms with E-state index in [-0.39, 0.29) is 0 Å². The number of nitrogens with zero attached hydrogens (tertiary/aromatic N) is 5. The monoisotopic (exact) mass is 401 g/mol. The van der Waals surface area contributed by atoms with Crippen molar-refractivity contribution in [1.29, 1.82) is 0 Å². The molecule has 0 radical (unpaired) electrons. The van der Waals surface area contributed by atoms with Crippen LogP contribution < -0.4 is 16.0 Å². The minimum absolute atomic E-state index is 0.422. The third kappa shape index (κ3) is 3.55. The SMILES string of the molecule is Cc1cc2c(C(N)=O)cccc2n1-c1nnc(N(C)C)c(NCc2ccccc2)n1. The number of hydrogen-bond donors (Lipinski definition) is 2. The van der Waals surface area contributed by atoms with Crippen molar-refractivity contribution in [2.45, 2.75) is 13.5 Å². The molecule has 0 aliphatic heterocycles. The molecule has 8 heteroatoms. The van der Waals surface area contributed by atoms with Crippen molar-refractivity contribution < 1.29 is 4.79 Å². The predicted molar refractivity (Wildman–Crippen MR) is 118 cm³/mol. The second-order valence-corrected chi connectivity index (χ2v) is 7.24. The van der Waals surface area contributed by atoms with E-state index in [4.69, 9.17) is 10.7 Å². The molecule has 4 rings (SSSR count). The molecule has 2 aromatic carbocycles. The van der Waals surface area contributed by atoms with Gasteiger partial charge in [-0.1, -0.05) is 36.4 Å². The van der Waals surface area contributed by atoms with E-state index in [1.807, 2.05) is 73.0 Å². The van der Waals surface area contributed by atoms with Crippen molar-refractivity contribution in [2.75, 3.05) is 24.3 Å². The van der Waals surface area contributed by atoms with E-state index in [2.05, 4.69) is 15.5 Å². The van der Waals surface area contributed by atoms with E-state index < -0.39 is 5.91 Å². The van der Waals surface area contributed by atoms with E-state index >= 15 is 0 Å². The number of aryl methyl sites for hydroxylation is 1. The molecule has 0 unspecified atom stereocenters. The molecule has 3 N–H and O–H groups in total. The fourth-order valence-electron chi connectivity index (χ4n) is 3.45. The number of carbonyl (C=O) groups is 1. The lowest BCUT2D eigenvalue weighted by Crippen LogP contribution is -2.18. The molecule has 0 aliphatic rings. The zero-order valence-electron chi connectivity index (χ0n) is 17.1. The molecule has 2 heterocycles. The summed E-state index contributed by atoms with van der Waals surface area (Å²) in [4.78, 5) is 18.4. The van der Waals surface area contributed by atoms with Crippen molar-refractivity contribution in [3.63, 3.8) is 0 Å². The van der Waals surface area contributed by atoms with Gasteiger partial charge in [0.2, 0.25) is 5.91 Å². The van der Waals surface area contributed by atoms with Gasteiger partial charge in [0.1, 0.15) is 0 Å². The van der Waals surface area contributed by atoms with Crippen LogP contribution in [0, 0.1) is 6.92 Å². The first kappa shape index (κ1) is 19.4. The highest BCUT2D eigenvalue weighted by Crippen LogP contribution is 2.27. The summed E-state index contributed by atoms with van der Waals surface area (Å²) in [7, 11) is 3.79. The van der Waals surface area contributed by atoms with E-state index in [0.717, 1.165) is 22.2 Å². The first-order valence-corrected chi connectivity index (χ1v) is 9.57. The summed E-state index contributed by atoms with van der Waals surface area (Å²) in [5, 5.41) is 12.9. The van der Waals surface area contributed by atoms with Crippen molar-refractivity contribution in [3.05, 3.63) is 71.4 Å². The van der Waals surface area contributed by atoms with E-state index in [0.29, 0.717) is 29.7 Å². The lowest BCUT2D eigenvalue weighted by molar-refractivity contribution is 0.100. The highest BCUT2D eigenvalue weighted by Gasteiger charge is 2.17. The molecular weight excluding hydrogens is 378 g/mol. The van der Waals surface area contributed by atoms with Crippen LogP contribution in [-0.4, -0.2) is 39.8 Å². The Balaban J connectivity index is 1.79. The molecular formula is C22H23N7O. The zero-order chi connectivity index (χ0) is 21.3. The van der Waals surface area contributed by atoms with Gasteiger partial charge in [0.25, 0.3) is 5.95 Å². The maximum absolute atomic E-state index is 11.8. The molecule has 2 aromatic heterocycles. The van der Waals surface area contributed by atoms with Gasteiger partial charge in [0.05, 0.1) is 5.52 Å². The van der Waals surface area contributed by atoms with Crippen LogP contribution in [-0.2, 0) is 6.54 Å². The molecule has 152 valence electrons. The van der Waals surface area contributed by atoms with Crippen LogP contribution in [0.3, 0.4) is 0 Å². The average Bonchev–Trinajstić information content (AvgIpc) is 3.08. The number of anilines is 2. The Morgan fingerprint density at radius 1 is 1.10 bits per heavy atom. The summed E-state index contributed by atoms with van der Waals surface area (Å²) in [5.74, 6) is 1.22. The predicted octanol–water partition coefficient (Wildman–Crippen LogP) is 2.90. The van der Waals surface area contributed by atoms with Crippen molar-refractivity contribution in [3.8, 4) is 5.95 Å². The summed E-state index contributed by atoms with van der Waals surface area (Å²) < 4.78 is 1.88. The number of hydrogen-bond acceptors (Lipinski definition) is 6. The smallest absolute Gasteiger partial charge is 0.256 e. The fraction of sp³-hybridized carbons (Fsp3) is 0.182. The number of nitrogens with two attached hydrogens (primary N) is 1. The summed E-state index contributed by atoms with van der Waals surface area (Å²) in [6.07, 6.45) is 0. The van der Waals surface area contributed by atoms with Crippen LogP contribution in [0.1, 0.15) is 21.6 Å². The normalized spacial score (nSPS) is 10.9. The number of fused-ring (bicyclic) bond motifs is 1. The number of carbonyl (C=O) groups excluding carboxylic acids is 1. The van der Waals surface area contributed by atoms with Gasteiger partial charge in [-0.3, -0.25) is 9.36 Å². The van der Waals surface area contributed by atoms with Crippen molar-refractivity contribution >= 4 is 28.4 Å². The van der Waals surface area contributed by atoms with E-state index in [9.17, 15) is 4.79 Å². The third-order valence-electron chi connectivity index (χ3n) is 4.88. The first-order chi connectivity index (χ1) is 14.5. The molecule has 30 heavy (non-hydrogen) atoms. The molecule has 0 aliphatic carbocycles.